The van der Waals surface area contributed by atoms with E-state index in [2.05, 4.69) is 10.9 Å². The van der Waals surface area contributed by atoms with Gasteiger partial charge in [0.2, 0.25) is 0 Å². The molecular weight excluding hydrogens is 368 g/mol. The van der Waals surface area contributed by atoms with Gasteiger partial charge in [-0.2, -0.15) is 0 Å². The van der Waals surface area contributed by atoms with E-state index >= 15 is 0 Å². The molecule has 0 saturated carbocycles. The summed E-state index contributed by atoms with van der Waals surface area (Å²) in [6, 6.07) is 22.6. The Morgan fingerprint density at radius 1 is 0.966 bits per heavy atom. The Kier molecular flexibility index (Phi) is 5.84. The molecule has 3 N–H and O–H groups in total. The fraction of sp³-hybridized carbons (Fsp3) is 0.217. The minimum atomic E-state index is -0.219. The van der Waals surface area contributed by atoms with E-state index in [1.54, 1.807) is 13.2 Å². The molecule has 0 bridgehead atoms. The number of ether oxygens (including phenoxy) is 3. The Hall–Kier alpha value is -3.22. The van der Waals surface area contributed by atoms with E-state index < -0.39 is 0 Å². The van der Waals surface area contributed by atoms with Crippen molar-refractivity contribution < 1.29 is 19.3 Å². The summed E-state index contributed by atoms with van der Waals surface area (Å²) in [6.45, 7) is 1.04. The summed E-state index contributed by atoms with van der Waals surface area (Å²) in [5.41, 5.74) is 8.10. The van der Waals surface area contributed by atoms with Crippen LogP contribution in [-0.2, 0) is 6.61 Å². The van der Waals surface area contributed by atoms with Gasteiger partial charge in [-0.15, -0.1) is 0 Å². The Labute approximate surface area is 170 Å². The summed E-state index contributed by atoms with van der Waals surface area (Å²) >= 11 is 0. The van der Waals surface area contributed by atoms with E-state index in [9.17, 15) is 5.11 Å². The summed E-state index contributed by atoms with van der Waals surface area (Å²) in [4.78, 5) is 0. The second-order valence-electron chi connectivity index (χ2n) is 6.80. The number of hydrazine groups is 1. The number of phenolic OH excluding ortho intramolecular Hbond substituents is 1. The van der Waals surface area contributed by atoms with E-state index in [-0.39, 0.29) is 17.9 Å². The quantitative estimate of drug-likeness (QED) is 0.571. The van der Waals surface area contributed by atoms with Gasteiger partial charge in [0, 0.05) is 18.2 Å². The number of hydrogen-bond acceptors (Lipinski definition) is 6. The van der Waals surface area contributed by atoms with Crippen molar-refractivity contribution >= 4 is 0 Å². The lowest BCUT2D eigenvalue weighted by atomic mass is 10.0. The third-order valence-electron chi connectivity index (χ3n) is 4.87. The molecule has 1 aliphatic heterocycles. The molecule has 29 heavy (non-hydrogen) atoms. The fourth-order valence-corrected chi connectivity index (χ4v) is 3.36. The van der Waals surface area contributed by atoms with Crippen LogP contribution in [0.3, 0.4) is 0 Å². The van der Waals surface area contributed by atoms with Crippen LogP contribution < -0.4 is 25.1 Å². The minimum absolute atomic E-state index is 0.158. The predicted octanol–water partition coefficient (Wildman–Crippen LogP) is 3.58. The van der Waals surface area contributed by atoms with Crippen molar-refractivity contribution in [3.63, 3.8) is 0 Å². The molecular formula is C23H24N2O4. The largest absolute Gasteiger partial charge is 0.507 e. The number of aromatic hydroxyl groups is 1. The number of methoxy groups -OCH3 is 1. The zero-order valence-corrected chi connectivity index (χ0v) is 16.2. The second-order valence-corrected chi connectivity index (χ2v) is 6.80. The molecule has 6 heteroatoms. The third-order valence-corrected chi connectivity index (χ3v) is 4.87. The minimum Gasteiger partial charge on any atom is -0.507 e. The second kappa shape index (κ2) is 8.86. The average molecular weight is 392 g/mol. The summed E-state index contributed by atoms with van der Waals surface area (Å²) in [7, 11) is 1.62. The van der Waals surface area contributed by atoms with Gasteiger partial charge in [-0.25, -0.2) is 5.43 Å². The Morgan fingerprint density at radius 3 is 2.48 bits per heavy atom. The lowest BCUT2D eigenvalue weighted by molar-refractivity contribution is 0.187. The van der Waals surface area contributed by atoms with E-state index in [0.29, 0.717) is 30.4 Å². The highest BCUT2D eigenvalue weighted by Gasteiger charge is 2.32. The van der Waals surface area contributed by atoms with E-state index in [1.165, 1.54) is 0 Å². The summed E-state index contributed by atoms with van der Waals surface area (Å²) in [5, 5.41) is 10.6. The maximum absolute atomic E-state index is 10.6. The van der Waals surface area contributed by atoms with Crippen LogP contribution >= 0.6 is 0 Å². The van der Waals surface area contributed by atoms with Crippen LogP contribution in [0.4, 0.5) is 0 Å². The monoisotopic (exact) mass is 392 g/mol. The normalized spacial score (nSPS) is 18.4. The van der Waals surface area contributed by atoms with Gasteiger partial charge in [0.15, 0.2) is 11.5 Å². The van der Waals surface area contributed by atoms with Crippen LogP contribution in [0, 0.1) is 0 Å². The average Bonchev–Trinajstić information content (AvgIpc) is 3.21. The van der Waals surface area contributed by atoms with Crippen molar-refractivity contribution in [3.05, 3.63) is 83.9 Å². The maximum Gasteiger partial charge on any atom is 0.161 e. The third kappa shape index (κ3) is 4.45. The first kappa shape index (κ1) is 19.1. The molecule has 0 aromatic heterocycles. The number of para-hydroxylation sites is 2. The van der Waals surface area contributed by atoms with E-state index in [1.807, 2.05) is 66.7 Å². The van der Waals surface area contributed by atoms with Gasteiger partial charge >= 0.3 is 0 Å². The highest BCUT2D eigenvalue weighted by Crippen LogP contribution is 2.35. The first-order valence-electron chi connectivity index (χ1n) is 9.52. The number of phenols is 1. The van der Waals surface area contributed by atoms with Crippen molar-refractivity contribution in [1.82, 2.24) is 10.9 Å². The molecule has 3 aromatic carbocycles. The first-order chi connectivity index (χ1) is 14.2. The van der Waals surface area contributed by atoms with Gasteiger partial charge in [0.1, 0.15) is 24.2 Å². The predicted molar refractivity (Wildman–Crippen MR) is 110 cm³/mol. The molecule has 0 radical (unpaired) electrons. The molecule has 1 fully saturated rings. The SMILES string of the molecule is COc1ccccc1OC1CNNC1c1ccc(OCc2ccccc2)cc1O. The molecule has 0 spiro atoms. The van der Waals surface area contributed by atoms with Crippen LogP contribution in [0.25, 0.3) is 0 Å². The Morgan fingerprint density at radius 2 is 1.72 bits per heavy atom. The molecule has 1 aliphatic rings. The van der Waals surface area contributed by atoms with Gasteiger partial charge in [0.25, 0.3) is 0 Å². The van der Waals surface area contributed by atoms with Crippen LogP contribution in [0.15, 0.2) is 72.8 Å². The molecule has 150 valence electrons. The topological polar surface area (TPSA) is 72.0 Å². The molecule has 1 saturated heterocycles. The smallest absolute Gasteiger partial charge is 0.161 e. The van der Waals surface area contributed by atoms with Gasteiger partial charge < -0.3 is 19.3 Å². The molecule has 6 nitrogen and oxygen atoms in total. The molecule has 1 heterocycles. The number of benzene rings is 3. The highest BCUT2D eigenvalue weighted by atomic mass is 16.5. The Balaban J connectivity index is 1.46. The zero-order chi connectivity index (χ0) is 20.1. The molecule has 3 aromatic rings. The summed E-state index contributed by atoms with van der Waals surface area (Å²) < 4.78 is 17.3. The van der Waals surface area contributed by atoms with Crippen LogP contribution in [0.1, 0.15) is 17.2 Å². The van der Waals surface area contributed by atoms with Crippen molar-refractivity contribution in [1.29, 1.82) is 0 Å². The van der Waals surface area contributed by atoms with Gasteiger partial charge in [0.05, 0.1) is 13.2 Å². The molecule has 2 atom stereocenters. The first-order valence-corrected chi connectivity index (χ1v) is 9.52. The lowest BCUT2D eigenvalue weighted by Gasteiger charge is -2.22. The van der Waals surface area contributed by atoms with Crippen LogP contribution in [0.2, 0.25) is 0 Å². The van der Waals surface area contributed by atoms with Crippen LogP contribution in [-0.4, -0.2) is 24.9 Å². The van der Waals surface area contributed by atoms with E-state index in [0.717, 1.165) is 11.1 Å². The fourth-order valence-electron chi connectivity index (χ4n) is 3.36. The summed E-state index contributed by atoms with van der Waals surface area (Å²) in [6.07, 6.45) is -0.215. The zero-order valence-electron chi connectivity index (χ0n) is 16.2. The van der Waals surface area contributed by atoms with Crippen molar-refractivity contribution in [2.75, 3.05) is 13.7 Å². The van der Waals surface area contributed by atoms with Crippen LogP contribution in [0.5, 0.6) is 23.0 Å². The van der Waals surface area contributed by atoms with Gasteiger partial charge in [-0.3, -0.25) is 5.43 Å². The standard InChI is InChI=1S/C23H24N2O4/c1-27-20-9-5-6-10-21(20)29-22-14-24-25-23(22)18-12-11-17(13-19(18)26)28-15-16-7-3-2-4-8-16/h2-13,22-26H,14-15H2,1H3. The Bertz CT molecular complexity index is 949. The van der Waals surface area contributed by atoms with Crippen molar-refractivity contribution in [2.24, 2.45) is 0 Å². The number of rotatable bonds is 7. The number of hydrogen-bond donors (Lipinski definition) is 3. The van der Waals surface area contributed by atoms with Gasteiger partial charge in [-0.05, 0) is 29.8 Å². The highest BCUT2D eigenvalue weighted by molar-refractivity contribution is 5.43. The number of nitrogens with one attached hydrogen (secondary N) is 2. The lowest BCUT2D eigenvalue weighted by Crippen LogP contribution is -2.28. The van der Waals surface area contributed by atoms with Crippen molar-refractivity contribution in [3.8, 4) is 23.0 Å². The maximum atomic E-state index is 10.6. The van der Waals surface area contributed by atoms with Crippen molar-refractivity contribution in [2.45, 2.75) is 18.8 Å². The molecule has 0 amide bonds. The summed E-state index contributed by atoms with van der Waals surface area (Å²) in [5.74, 6) is 2.11. The molecule has 2 unspecified atom stereocenters. The molecule has 4 rings (SSSR count). The van der Waals surface area contributed by atoms with E-state index in [4.69, 9.17) is 14.2 Å². The van der Waals surface area contributed by atoms with Gasteiger partial charge in [-0.1, -0.05) is 42.5 Å². The molecule has 0 aliphatic carbocycles.